The van der Waals surface area contributed by atoms with E-state index < -0.39 is 0 Å². The summed E-state index contributed by atoms with van der Waals surface area (Å²) in [6, 6.07) is 13.0. The van der Waals surface area contributed by atoms with Gasteiger partial charge in [-0.05, 0) is 23.8 Å². The van der Waals surface area contributed by atoms with E-state index in [1.54, 1.807) is 18.2 Å². The van der Waals surface area contributed by atoms with E-state index in [-0.39, 0.29) is 10.8 Å². The molecule has 2 rings (SSSR count). The van der Waals surface area contributed by atoms with Crippen LogP contribution < -0.4 is 5.32 Å². The number of hydrogen-bond acceptors (Lipinski definition) is 1. The van der Waals surface area contributed by atoms with Gasteiger partial charge in [0.1, 0.15) is 5.82 Å². The smallest absolute Gasteiger partial charge is 0.146 e. The van der Waals surface area contributed by atoms with Crippen molar-refractivity contribution in [1.82, 2.24) is 5.32 Å². The molecule has 0 atom stereocenters. The van der Waals surface area contributed by atoms with Gasteiger partial charge in [0.2, 0.25) is 0 Å². The number of hydrogen-bond donors (Lipinski definition) is 1. The lowest BCUT2D eigenvalue weighted by Gasteiger charge is -2.07. The van der Waals surface area contributed by atoms with Crippen LogP contribution in [0.4, 0.5) is 4.39 Å². The lowest BCUT2D eigenvalue weighted by Crippen LogP contribution is -2.13. The highest BCUT2D eigenvalue weighted by Crippen LogP contribution is 2.18. The van der Waals surface area contributed by atoms with Crippen molar-refractivity contribution in [3.05, 3.63) is 68.9 Å². The first-order valence-electron chi connectivity index (χ1n) is 5.55. The van der Waals surface area contributed by atoms with E-state index in [0.29, 0.717) is 18.7 Å². The van der Waals surface area contributed by atoms with Crippen molar-refractivity contribution in [2.75, 3.05) is 0 Å². The summed E-state index contributed by atoms with van der Waals surface area (Å²) in [4.78, 5) is 0. The van der Waals surface area contributed by atoms with E-state index in [2.05, 4.69) is 21.2 Å². The Morgan fingerprint density at radius 2 is 1.89 bits per heavy atom. The van der Waals surface area contributed by atoms with E-state index in [1.807, 2.05) is 24.3 Å². The van der Waals surface area contributed by atoms with Gasteiger partial charge >= 0.3 is 0 Å². The van der Waals surface area contributed by atoms with E-state index >= 15 is 0 Å². The molecule has 0 aliphatic carbocycles. The third-order valence-electron chi connectivity index (χ3n) is 2.57. The van der Waals surface area contributed by atoms with Crippen LogP contribution in [0.1, 0.15) is 11.1 Å². The highest BCUT2D eigenvalue weighted by Gasteiger charge is 2.05. The van der Waals surface area contributed by atoms with Gasteiger partial charge in [0.15, 0.2) is 0 Å². The Labute approximate surface area is 119 Å². The van der Waals surface area contributed by atoms with E-state index in [1.165, 1.54) is 0 Å². The average molecular weight is 329 g/mol. The van der Waals surface area contributed by atoms with Crippen LogP contribution in [0.3, 0.4) is 0 Å². The minimum absolute atomic E-state index is 0.164. The van der Waals surface area contributed by atoms with E-state index in [4.69, 9.17) is 11.6 Å². The summed E-state index contributed by atoms with van der Waals surface area (Å²) < 4.78 is 14.6. The van der Waals surface area contributed by atoms with E-state index in [0.717, 1.165) is 10.0 Å². The summed E-state index contributed by atoms with van der Waals surface area (Å²) >= 11 is 9.14. The normalized spacial score (nSPS) is 10.6. The zero-order chi connectivity index (χ0) is 13.0. The Kier molecular flexibility index (Phi) is 4.75. The van der Waals surface area contributed by atoms with Crippen LogP contribution in [-0.4, -0.2) is 0 Å². The van der Waals surface area contributed by atoms with Crippen molar-refractivity contribution < 1.29 is 4.39 Å². The highest BCUT2D eigenvalue weighted by molar-refractivity contribution is 9.10. The summed E-state index contributed by atoms with van der Waals surface area (Å²) in [5, 5.41) is 3.36. The topological polar surface area (TPSA) is 12.0 Å². The molecule has 0 radical (unpaired) electrons. The third kappa shape index (κ3) is 3.55. The molecule has 2 aromatic rings. The molecule has 1 nitrogen and oxygen atoms in total. The first-order chi connectivity index (χ1) is 8.66. The second kappa shape index (κ2) is 6.32. The molecule has 0 spiro atoms. The standard InChI is InChI=1S/C14H12BrClFN/c15-12-5-1-3-10(7-12)8-18-9-11-4-2-6-13(16)14(11)17/h1-7,18H,8-9H2. The first kappa shape index (κ1) is 13.5. The van der Waals surface area contributed by atoms with Crippen molar-refractivity contribution in [3.8, 4) is 0 Å². The second-order valence-electron chi connectivity index (χ2n) is 3.95. The minimum Gasteiger partial charge on any atom is -0.309 e. The van der Waals surface area contributed by atoms with Gasteiger partial charge in [-0.1, -0.05) is 51.8 Å². The summed E-state index contributed by atoms with van der Waals surface area (Å²) in [6.07, 6.45) is 0. The summed E-state index contributed by atoms with van der Waals surface area (Å²) in [5.41, 5.74) is 1.73. The molecule has 0 aliphatic rings. The molecule has 0 saturated heterocycles. The fourth-order valence-electron chi connectivity index (χ4n) is 1.67. The number of benzene rings is 2. The number of rotatable bonds is 4. The molecule has 0 saturated carbocycles. The third-order valence-corrected chi connectivity index (χ3v) is 3.35. The van der Waals surface area contributed by atoms with Gasteiger partial charge in [-0.3, -0.25) is 0 Å². The number of nitrogens with one attached hydrogen (secondary N) is 1. The first-order valence-corrected chi connectivity index (χ1v) is 6.72. The maximum absolute atomic E-state index is 13.6. The van der Waals surface area contributed by atoms with Crippen molar-refractivity contribution in [2.24, 2.45) is 0 Å². The fraction of sp³-hybridized carbons (Fsp3) is 0.143. The molecule has 0 aliphatic heterocycles. The van der Waals surface area contributed by atoms with Crippen LogP contribution in [-0.2, 0) is 13.1 Å². The lowest BCUT2D eigenvalue weighted by molar-refractivity contribution is 0.588. The van der Waals surface area contributed by atoms with Gasteiger partial charge in [-0.2, -0.15) is 0 Å². The second-order valence-corrected chi connectivity index (χ2v) is 5.27. The van der Waals surface area contributed by atoms with Gasteiger partial charge in [0, 0.05) is 23.1 Å². The maximum atomic E-state index is 13.6. The summed E-state index contributed by atoms with van der Waals surface area (Å²) in [6.45, 7) is 1.14. The molecule has 4 heteroatoms. The molecule has 0 unspecified atom stereocenters. The van der Waals surface area contributed by atoms with Crippen LogP contribution >= 0.6 is 27.5 Å². The molecule has 1 N–H and O–H groups in total. The molecule has 94 valence electrons. The quantitative estimate of drug-likeness (QED) is 0.869. The van der Waals surface area contributed by atoms with Crippen molar-refractivity contribution >= 4 is 27.5 Å². The molecule has 0 aromatic heterocycles. The van der Waals surface area contributed by atoms with Crippen LogP contribution in [0.25, 0.3) is 0 Å². The zero-order valence-corrected chi connectivity index (χ0v) is 11.9. The predicted octanol–water partition coefficient (Wildman–Crippen LogP) is 4.53. The maximum Gasteiger partial charge on any atom is 0.146 e. The molecule has 2 aromatic carbocycles. The Bertz CT molecular complexity index is 545. The molecular formula is C14H12BrClFN. The van der Waals surface area contributed by atoms with Gasteiger partial charge in [0.25, 0.3) is 0 Å². The van der Waals surface area contributed by atoms with Crippen LogP contribution in [0, 0.1) is 5.82 Å². The largest absolute Gasteiger partial charge is 0.309 e. The van der Waals surface area contributed by atoms with Gasteiger partial charge in [-0.25, -0.2) is 4.39 Å². The van der Waals surface area contributed by atoms with Gasteiger partial charge < -0.3 is 5.32 Å². The molecule has 18 heavy (non-hydrogen) atoms. The van der Waals surface area contributed by atoms with Crippen molar-refractivity contribution in [2.45, 2.75) is 13.1 Å². The van der Waals surface area contributed by atoms with Gasteiger partial charge in [0.05, 0.1) is 5.02 Å². The summed E-state index contributed by atoms with van der Waals surface area (Å²) in [5.74, 6) is -0.346. The van der Waals surface area contributed by atoms with Gasteiger partial charge in [-0.15, -0.1) is 0 Å². The molecule has 0 heterocycles. The Morgan fingerprint density at radius 1 is 1.11 bits per heavy atom. The molecule has 0 bridgehead atoms. The molecule has 0 fully saturated rings. The highest BCUT2D eigenvalue weighted by atomic mass is 79.9. The predicted molar refractivity (Wildman–Crippen MR) is 76.1 cm³/mol. The molecular weight excluding hydrogens is 317 g/mol. The van der Waals surface area contributed by atoms with Crippen LogP contribution in [0.5, 0.6) is 0 Å². The average Bonchev–Trinajstić information content (AvgIpc) is 2.35. The fourth-order valence-corrected chi connectivity index (χ4v) is 2.31. The van der Waals surface area contributed by atoms with Crippen LogP contribution in [0.2, 0.25) is 5.02 Å². The minimum atomic E-state index is -0.346. The lowest BCUT2D eigenvalue weighted by atomic mass is 10.2. The Morgan fingerprint density at radius 3 is 2.67 bits per heavy atom. The number of halogens is 3. The van der Waals surface area contributed by atoms with Crippen molar-refractivity contribution in [3.63, 3.8) is 0 Å². The Hall–Kier alpha value is -0.900. The SMILES string of the molecule is Fc1c(Cl)cccc1CNCc1cccc(Br)c1. The zero-order valence-electron chi connectivity index (χ0n) is 9.59. The monoisotopic (exact) mass is 327 g/mol. The van der Waals surface area contributed by atoms with Crippen molar-refractivity contribution in [1.29, 1.82) is 0 Å². The van der Waals surface area contributed by atoms with E-state index in [9.17, 15) is 4.39 Å². The summed E-state index contributed by atoms with van der Waals surface area (Å²) in [7, 11) is 0. The molecule has 0 amide bonds. The van der Waals surface area contributed by atoms with Crippen LogP contribution in [0.15, 0.2) is 46.9 Å². The Balaban J connectivity index is 1.94.